The Kier molecular flexibility index (Phi) is 5.16. The predicted molar refractivity (Wildman–Crippen MR) is 170 cm³/mol. The van der Waals surface area contributed by atoms with Crippen LogP contribution >= 0.6 is 23.5 Å². The number of aryl methyl sites for hydroxylation is 2. The standard InChI is InChI=1S/C36H24O2S2/c1-19-9-13-21(14-10-19)39-29-17-27-33-31-23(29)5-3-7-25(31)36(38)28-18-30(40-22-15-11-20(2)12-16-22)24-6-4-8-26(35(27)37)32(24)34(28)33/h3-18,37-38H,1-2H3. The first-order chi connectivity index (χ1) is 19.5. The Balaban J connectivity index is 1.49. The summed E-state index contributed by atoms with van der Waals surface area (Å²) in [5.74, 6) is 0.584. The molecule has 0 aliphatic heterocycles. The van der Waals surface area contributed by atoms with E-state index in [1.54, 1.807) is 23.5 Å². The zero-order valence-electron chi connectivity index (χ0n) is 21.9. The minimum Gasteiger partial charge on any atom is -0.507 e. The lowest BCUT2D eigenvalue weighted by Crippen LogP contribution is -1.93. The summed E-state index contributed by atoms with van der Waals surface area (Å²) in [6.45, 7) is 4.18. The van der Waals surface area contributed by atoms with Crippen molar-refractivity contribution in [2.75, 3.05) is 0 Å². The molecule has 0 aliphatic carbocycles. The molecule has 8 aromatic carbocycles. The predicted octanol–water partition coefficient (Wildman–Crippen LogP) is 10.7. The van der Waals surface area contributed by atoms with Crippen LogP contribution in [0.1, 0.15) is 11.1 Å². The minimum atomic E-state index is 0.292. The number of benzene rings is 8. The Morgan fingerprint density at radius 3 is 1.20 bits per heavy atom. The van der Waals surface area contributed by atoms with Gasteiger partial charge in [0.2, 0.25) is 0 Å². The minimum absolute atomic E-state index is 0.292. The third kappa shape index (κ3) is 3.39. The molecular weight excluding hydrogens is 529 g/mol. The fourth-order valence-corrected chi connectivity index (χ4v) is 8.06. The van der Waals surface area contributed by atoms with Crippen LogP contribution in [0.2, 0.25) is 0 Å². The lowest BCUT2D eigenvalue weighted by atomic mass is 9.85. The van der Waals surface area contributed by atoms with E-state index in [4.69, 9.17) is 0 Å². The maximum Gasteiger partial charge on any atom is 0.131 e. The summed E-state index contributed by atoms with van der Waals surface area (Å²) in [5.41, 5.74) is 2.44. The molecule has 0 fully saturated rings. The SMILES string of the molecule is Cc1ccc(Sc2cc3c(O)c4cccc5c(Sc6ccc(C)cc6)cc6c(O)c7cccc2c7c3c6c54)cc1. The van der Waals surface area contributed by atoms with E-state index in [1.807, 2.05) is 24.3 Å². The van der Waals surface area contributed by atoms with Gasteiger partial charge in [-0.05, 0) is 61.0 Å². The van der Waals surface area contributed by atoms with Crippen molar-refractivity contribution >= 4 is 77.4 Å². The summed E-state index contributed by atoms with van der Waals surface area (Å²) in [6, 6.07) is 33.6. The molecule has 0 spiro atoms. The highest BCUT2D eigenvalue weighted by atomic mass is 32.2. The fraction of sp³-hybridized carbons (Fsp3) is 0.0556. The molecule has 40 heavy (non-hydrogen) atoms. The Morgan fingerprint density at radius 1 is 0.425 bits per heavy atom. The zero-order valence-corrected chi connectivity index (χ0v) is 23.6. The van der Waals surface area contributed by atoms with Gasteiger partial charge in [0.1, 0.15) is 11.5 Å². The third-order valence-corrected chi connectivity index (χ3v) is 10.1. The van der Waals surface area contributed by atoms with E-state index in [1.165, 1.54) is 11.1 Å². The van der Waals surface area contributed by atoms with Gasteiger partial charge in [-0.15, -0.1) is 0 Å². The van der Waals surface area contributed by atoms with Gasteiger partial charge in [-0.2, -0.15) is 0 Å². The molecule has 0 amide bonds. The molecule has 2 nitrogen and oxygen atoms in total. The van der Waals surface area contributed by atoms with Crippen molar-refractivity contribution in [3.05, 3.63) is 108 Å². The van der Waals surface area contributed by atoms with Crippen LogP contribution in [0.5, 0.6) is 11.5 Å². The number of phenols is 2. The van der Waals surface area contributed by atoms with E-state index < -0.39 is 0 Å². The van der Waals surface area contributed by atoms with Crippen molar-refractivity contribution in [1.29, 1.82) is 0 Å². The van der Waals surface area contributed by atoms with Crippen molar-refractivity contribution in [2.45, 2.75) is 33.4 Å². The fourth-order valence-electron chi connectivity index (χ4n) is 6.10. The first-order valence-corrected chi connectivity index (χ1v) is 14.9. The average molecular weight is 553 g/mol. The topological polar surface area (TPSA) is 40.5 Å². The van der Waals surface area contributed by atoms with Crippen molar-refractivity contribution in [3.8, 4) is 11.5 Å². The molecule has 8 aromatic rings. The summed E-state index contributed by atoms with van der Waals surface area (Å²) >= 11 is 3.38. The molecule has 0 aromatic heterocycles. The van der Waals surface area contributed by atoms with Crippen LogP contribution < -0.4 is 0 Å². The van der Waals surface area contributed by atoms with E-state index in [0.717, 1.165) is 73.4 Å². The van der Waals surface area contributed by atoms with Crippen molar-refractivity contribution < 1.29 is 10.2 Å². The first kappa shape index (κ1) is 23.7. The molecule has 0 radical (unpaired) electrons. The molecule has 0 saturated carbocycles. The lowest BCUT2D eigenvalue weighted by Gasteiger charge is -2.22. The van der Waals surface area contributed by atoms with Gasteiger partial charge < -0.3 is 10.2 Å². The molecule has 8 rings (SSSR count). The molecule has 0 heterocycles. The van der Waals surface area contributed by atoms with Gasteiger partial charge in [0.05, 0.1) is 0 Å². The summed E-state index contributed by atoms with van der Waals surface area (Å²) in [6.07, 6.45) is 0. The average Bonchev–Trinajstić information content (AvgIpc) is 2.97. The highest BCUT2D eigenvalue weighted by Gasteiger charge is 2.25. The van der Waals surface area contributed by atoms with Gasteiger partial charge in [-0.25, -0.2) is 0 Å². The van der Waals surface area contributed by atoms with Gasteiger partial charge in [-0.1, -0.05) is 95.3 Å². The number of hydrogen-bond acceptors (Lipinski definition) is 4. The summed E-state index contributed by atoms with van der Waals surface area (Å²) in [5, 5.41) is 33.1. The maximum absolute atomic E-state index is 11.8. The highest BCUT2D eigenvalue weighted by Crippen LogP contribution is 2.54. The van der Waals surface area contributed by atoms with Crippen molar-refractivity contribution in [2.24, 2.45) is 0 Å². The smallest absolute Gasteiger partial charge is 0.131 e. The zero-order chi connectivity index (χ0) is 27.1. The van der Waals surface area contributed by atoms with Crippen molar-refractivity contribution in [3.63, 3.8) is 0 Å². The van der Waals surface area contributed by atoms with Gasteiger partial charge in [0, 0.05) is 62.7 Å². The number of phenolic OH excluding ortho intramolecular Hbond substituents is 2. The van der Waals surface area contributed by atoms with Crippen LogP contribution in [-0.2, 0) is 0 Å². The Labute approximate surface area is 239 Å². The molecule has 0 atom stereocenters. The van der Waals surface area contributed by atoms with Crippen LogP contribution in [-0.4, -0.2) is 10.2 Å². The van der Waals surface area contributed by atoms with E-state index in [-0.39, 0.29) is 0 Å². The molecule has 0 saturated heterocycles. The van der Waals surface area contributed by atoms with Crippen LogP contribution in [0, 0.1) is 13.8 Å². The van der Waals surface area contributed by atoms with E-state index in [0.29, 0.717) is 11.5 Å². The molecule has 2 N–H and O–H groups in total. The maximum atomic E-state index is 11.8. The molecule has 0 unspecified atom stereocenters. The highest BCUT2D eigenvalue weighted by molar-refractivity contribution is 7.99. The monoisotopic (exact) mass is 552 g/mol. The summed E-state index contributed by atoms with van der Waals surface area (Å²) in [7, 11) is 0. The normalized spacial score (nSPS) is 12.2. The second kappa shape index (κ2) is 8.69. The van der Waals surface area contributed by atoms with Gasteiger partial charge >= 0.3 is 0 Å². The first-order valence-electron chi connectivity index (χ1n) is 13.3. The van der Waals surface area contributed by atoms with Crippen LogP contribution in [0.15, 0.2) is 117 Å². The molecule has 0 aliphatic rings. The largest absolute Gasteiger partial charge is 0.507 e. The Morgan fingerprint density at radius 2 is 0.800 bits per heavy atom. The molecule has 0 bridgehead atoms. The Hall–Kier alpha value is -4.12. The lowest BCUT2D eigenvalue weighted by molar-refractivity contribution is 0.486. The second-order valence-electron chi connectivity index (χ2n) is 10.6. The van der Waals surface area contributed by atoms with Crippen LogP contribution in [0.25, 0.3) is 53.9 Å². The number of hydrogen-bond donors (Lipinski definition) is 2. The second-order valence-corrected chi connectivity index (χ2v) is 12.8. The quantitative estimate of drug-likeness (QED) is 0.168. The molecule has 4 heteroatoms. The van der Waals surface area contributed by atoms with Gasteiger partial charge in [0.15, 0.2) is 0 Å². The summed E-state index contributed by atoms with van der Waals surface area (Å²) < 4.78 is 0. The summed E-state index contributed by atoms with van der Waals surface area (Å²) in [4.78, 5) is 4.39. The Bertz CT molecular complexity index is 2070. The molecular formula is C36H24O2S2. The number of rotatable bonds is 4. The van der Waals surface area contributed by atoms with E-state index >= 15 is 0 Å². The van der Waals surface area contributed by atoms with Crippen LogP contribution in [0.4, 0.5) is 0 Å². The van der Waals surface area contributed by atoms with E-state index in [2.05, 4.69) is 86.6 Å². The number of aromatic hydroxyl groups is 2. The van der Waals surface area contributed by atoms with E-state index in [9.17, 15) is 10.2 Å². The van der Waals surface area contributed by atoms with Gasteiger partial charge in [-0.3, -0.25) is 0 Å². The van der Waals surface area contributed by atoms with Crippen molar-refractivity contribution in [1.82, 2.24) is 0 Å². The molecule has 192 valence electrons. The van der Waals surface area contributed by atoms with Crippen LogP contribution in [0.3, 0.4) is 0 Å². The third-order valence-electron chi connectivity index (χ3n) is 8.02. The van der Waals surface area contributed by atoms with Gasteiger partial charge in [0.25, 0.3) is 0 Å².